The number of carbonyl (C=O) groups is 3. The first-order valence-electron chi connectivity index (χ1n) is 13.6. The zero-order valence-corrected chi connectivity index (χ0v) is 22.9. The van der Waals surface area contributed by atoms with Gasteiger partial charge in [-0.3, -0.25) is 9.59 Å². The molecule has 0 radical (unpaired) electrons. The van der Waals surface area contributed by atoms with E-state index in [4.69, 9.17) is 9.47 Å². The average Bonchev–Trinajstić information content (AvgIpc) is 3.52. The number of rotatable bonds is 6. The van der Waals surface area contributed by atoms with Crippen LogP contribution in [-0.2, 0) is 4.74 Å². The SMILES string of the molecule is COC(=O)c1ccccc1C(=O)Oc1c2n(ncc1=O)[C@@H](C(c1ccccc1)c1cccc(F)c1F)[C@H]1CCCN1C2=O. The minimum atomic E-state index is -1.06. The van der Waals surface area contributed by atoms with Crippen LogP contribution in [0.2, 0.25) is 0 Å². The number of amides is 1. The number of carbonyl (C=O) groups excluding carboxylic acids is 3. The summed E-state index contributed by atoms with van der Waals surface area (Å²) in [7, 11) is 1.16. The average molecular weight is 586 g/mol. The maximum absolute atomic E-state index is 15.5. The van der Waals surface area contributed by atoms with Crippen molar-refractivity contribution in [2.45, 2.75) is 30.8 Å². The molecule has 218 valence electrons. The summed E-state index contributed by atoms with van der Waals surface area (Å²) >= 11 is 0. The molecule has 1 saturated heterocycles. The Hall–Kier alpha value is -5.19. The Balaban J connectivity index is 1.54. The molecule has 3 atom stereocenters. The zero-order valence-electron chi connectivity index (χ0n) is 22.9. The van der Waals surface area contributed by atoms with Crippen molar-refractivity contribution in [2.75, 3.05) is 13.7 Å². The summed E-state index contributed by atoms with van der Waals surface area (Å²) in [6.07, 6.45) is 2.10. The van der Waals surface area contributed by atoms with E-state index in [1.807, 2.05) is 0 Å². The van der Waals surface area contributed by atoms with Crippen molar-refractivity contribution in [3.05, 3.63) is 129 Å². The van der Waals surface area contributed by atoms with E-state index < -0.39 is 58.7 Å². The van der Waals surface area contributed by atoms with Gasteiger partial charge in [0.25, 0.3) is 5.91 Å². The molecule has 2 aliphatic heterocycles. The van der Waals surface area contributed by atoms with Gasteiger partial charge in [0.1, 0.15) is 0 Å². The molecule has 1 aromatic heterocycles. The molecule has 3 aromatic carbocycles. The van der Waals surface area contributed by atoms with Gasteiger partial charge < -0.3 is 14.4 Å². The molecule has 11 heteroatoms. The van der Waals surface area contributed by atoms with E-state index in [-0.39, 0.29) is 22.4 Å². The fourth-order valence-corrected chi connectivity index (χ4v) is 6.11. The van der Waals surface area contributed by atoms with Crippen LogP contribution in [0.1, 0.15) is 67.1 Å². The smallest absolute Gasteiger partial charge is 0.344 e. The normalized spacial score (nSPS) is 18.0. The summed E-state index contributed by atoms with van der Waals surface area (Å²) < 4.78 is 41.7. The van der Waals surface area contributed by atoms with E-state index in [0.717, 1.165) is 19.4 Å². The van der Waals surface area contributed by atoms with Gasteiger partial charge in [0.2, 0.25) is 11.2 Å². The van der Waals surface area contributed by atoms with Gasteiger partial charge in [-0.25, -0.2) is 23.1 Å². The third-order valence-corrected chi connectivity index (χ3v) is 7.97. The molecule has 0 saturated carbocycles. The maximum atomic E-state index is 15.5. The predicted molar refractivity (Wildman–Crippen MR) is 149 cm³/mol. The number of methoxy groups -OCH3 is 1. The highest BCUT2D eigenvalue weighted by Gasteiger charge is 2.49. The van der Waals surface area contributed by atoms with Gasteiger partial charge in [-0.05, 0) is 36.6 Å². The maximum Gasteiger partial charge on any atom is 0.344 e. The first-order chi connectivity index (χ1) is 20.8. The number of hydrogen-bond donors (Lipinski definition) is 0. The lowest BCUT2D eigenvalue weighted by Gasteiger charge is -2.42. The van der Waals surface area contributed by atoms with Crippen LogP contribution in [0.5, 0.6) is 5.75 Å². The number of fused-ring (bicyclic) bond motifs is 2. The van der Waals surface area contributed by atoms with Crippen molar-refractivity contribution >= 4 is 17.8 Å². The molecule has 0 aliphatic carbocycles. The monoisotopic (exact) mass is 585 g/mol. The summed E-state index contributed by atoms with van der Waals surface area (Å²) in [6.45, 7) is 0.342. The van der Waals surface area contributed by atoms with Crippen LogP contribution in [0.4, 0.5) is 8.78 Å². The second kappa shape index (κ2) is 11.2. The lowest BCUT2D eigenvalue weighted by molar-refractivity contribution is 0.0545. The molecule has 2 aliphatic rings. The van der Waals surface area contributed by atoms with Gasteiger partial charge in [0.15, 0.2) is 17.3 Å². The quantitative estimate of drug-likeness (QED) is 0.306. The van der Waals surface area contributed by atoms with Crippen LogP contribution in [0, 0.1) is 11.6 Å². The number of hydrogen-bond acceptors (Lipinski definition) is 7. The zero-order chi connectivity index (χ0) is 30.2. The Bertz CT molecular complexity index is 1810. The summed E-state index contributed by atoms with van der Waals surface area (Å²) in [5.41, 5.74) is -0.713. The molecule has 3 heterocycles. The number of aromatic nitrogens is 2. The van der Waals surface area contributed by atoms with Gasteiger partial charge >= 0.3 is 11.9 Å². The minimum Gasteiger partial charge on any atom is -0.465 e. The fourth-order valence-electron chi connectivity index (χ4n) is 6.11. The Morgan fingerprint density at radius 1 is 0.930 bits per heavy atom. The van der Waals surface area contributed by atoms with E-state index in [1.165, 1.54) is 41.1 Å². The summed E-state index contributed by atoms with van der Waals surface area (Å²) in [5.74, 6) is -5.92. The van der Waals surface area contributed by atoms with E-state index >= 15 is 4.39 Å². The summed E-state index contributed by atoms with van der Waals surface area (Å²) in [6, 6.07) is 17.3. The number of halogens is 2. The molecule has 0 bridgehead atoms. The number of esters is 2. The lowest BCUT2D eigenvalue weighted by Crippen LogP contribution is -2.51. The van der Waals surface area contributed by atoms with Crippen molar-refractivity contribution < 1.29 is 32.6 Å². The highest BCUT2D eigenvalue weighted by atomic mass is 19.2. The molecule has 9 nitrogen and oxygen atoms in total. The first kappa shape index (κ1) is 28.0. The Morgan fingerprint density at radius 2 is 1.63 bits per heavy atom. The van der Waals surface area contributed by atoms with Crippen LogP contribution in [0.15, 0.2) is 83.8 Å². The minimum absolute atomic E-state index is 0.0504. The van der Waals surface area contributed by atoms with Gasteiger partial charge in [0, 0.05) is 18.0 Å². The van der Waals surface area contributed by atoms with Gasteiger partial charge in [-0.2, -0.15) is 5.10 Å². The molecule has 1 amide bonds. The number of nitrogens with zero attached hydrogens (tertiary/aromatic N) is 3. The van der Waals surface area contributed by atoms with Crippen molar-refractivity contribution in [2.24, 2.45) is 0 Å². The van der Waals surface area contributed by atoms with E-state index in [1.54, 1.807) is 35.2 Å². The molecule has 6 rings (SSSR count). The molecule has 4 aromatic rings. The predicted octanol–water partition coefficient (Wildman–Crippen LogP) is 4.52. The topological polar surface area (TPSA) is 108 Å². The van der Waals surface area contributed by atoms with Crippen molar-refractivity contribution in [3.8, 4) is 5.75 Å². The fraction of sp³-hybridized carbons (Fsp3) is 0.219. The molecule has 43 heavy (non-hydrogen) atoms. The molecule has 1 fully saturated rings. The molecule has 0 N–H and O–H groups in total. The van der Waals surface area contributed by atoms with Crippen LogP contribution < -0.4 is 10.2 Å². The van der Waals surface area contributed by atoms with Crippen molar-refractivity contribution in [1.82, 2.24) is 14.7 Å². The largest absolute Gasteiger partial charge is 0.465 e. The molecular weight excluding hydrogens is 560 g/mol. The van der Waals surface area contributed by atoms with Crippen LogP contribution in [-0.4, -0.2) is 52.2 Å². The highest BCUT2D eigenvalue weighted by molar-refractivity contribution is 6.04. The van der Waals surface area contributed by atoms with E-state index in [9.17, 15) is 23.6 Å². The third kappa shape index (κ3) is 4.76. The Morgan fingerprint density at radius 3 is 2.35 bits per heavy atom. The Kier molecular flexibility index (Phi) is 7.31. The summed E-state index contributed by atoms with van der Waals surface area (Å²) in [5, 5.41) is 4.31. The summed E-state index contributed by atoms with van der Waals surface area (Å²) in [4.78, 5) is 54.3. The van der Waals surface area contributed by atoms with E-state index in [2.05, 4.69) is 5.10 Å². The highest BCUT2D eigenvalue weighted by Crippen LogP contribution is 2.46. The lowest BCUT2D eigenvalue weighted by atomic mass is 9.79. The van der Waals surface area contributed by atoms with Gasteiger partial charge in [0.05, 0.1) is 36.5 Å². The second-order valence-electron chi connectivity index (χ2n) is 10.3. The molecular formula is C32H25F2N3O6. The molecule has 1 unspecified atom stereocenters. The van der Waals surface area contributed by atoms with E-state index in [0.29, 0.717) is 24.9 Å². The number of ether oxygens (including phenoxy) is 2. The second-order valence-corrected chi connectivity index (χ2v) is 10.3. The van der Waals surface area contributed by atoms with Crippen molar-refractivity contribution in [1.29, 1.82) is 0 Å². The molecule has 0 spiro atoms. The van der Waals surface area contributed by atoms with Crippen LogP contribution >= 0.6 is 0 Å². The van der Waals surface area contributed by atoms with Gasteiger partial charge in [-0.15, -0.1) is 0 Å². The number of benzene rings is 3. The van der Waals surface area contributed by atoms with Crippen LogP contribution in [0.25, 0.3) is 0 Å². The van der Waals surface area contributed by atoms with Crippen LogP contribution in [0.3, 0.4) is 0 Å². The van der Waals surface area contributed by atoms with Gasteiger partial charge in [-0.1, -0.05) is 54.6 Å². The standard InChI is InChI=1S/C32H25F2N3O6/c1-42-31(40)19-11-5-6-12-20(19)32(41)43-29-24(38)17-35-37-27(23-15-8-16-36(23)30(39)28(29)37)25(18-9-3-2-4-10-18)21-13-7-14-22(33)26(21)34/h2-7,9-14,17,23,25,27H,8,15-16H2,1H3/t23-,25?,27-/m1/s1. The Labute approximate surface area is 244 Å². The first-order valence-corrected chi connectivity index (χ1v) is 13.6. The van der Waals surface area contributed by atoms with Crippen molar-refractivity contribution in [3.63, 3.8) is 0 Å². The third-order valence-electron chi connectivity index (χ3n) is 7.97.